The number of aliphatic hydroxyl groups is 1. The fraction of sp³-hybridized carbons (Fsp3) is 0.478. The van der Waals surface area contributed by atoms with Crippen molar-refractivity contribution in [2.45, 2.75) is 44.8 Å². The van der Waals surface area contributed by atoms with Crippen LogP contribution in [0.25, 0.3) is 0 Å². The lowest BCUT2D eigenvalue weighted by Crippen LogP contribution is -2.45. The van der Waals surface area contributed by atoms with Gasteiger partial charge in [0, 0.05) is 37.9 Å². The zero-order valence-electron chi connectivity index (χ0n) is 16.7. The molecule has 28 heavy (non-hydrogen) atoms. The fourth-order valence-corrected chi connectivity index (χ4v) is 4.75. The maximum Gasteiger partial charge on any atom is 0.147 e. The number of hydrogen-bond acceptors (Lipinski definition) is 5. The van der Waals surface area contributed by atoms with Crippen LogP contribution in [0.15, 0.2) is 36.4 Å². The van der Waals surface area contributed by atoms with Crippen molar-refractivity contribution in [1.82, 2.24) is 9.88 Å². The summed E-state index contributed by atoms with van der Waals surface area (Å²) < 4.78 is 0. The van der Waals surface area contributed by atoms with Gasteiger partial charge in [-0.2, -0.15) is 5.26 Å². The molecule has 1 aromatic carbocycles. The van der Waals surface area contributed by atoms with Crippen LogP contribution in [-0.4, -0.2) is 47.2 Å². The summed E-state index contributed by atoms with van der Waals surface area (Å²) in [5.41, 5.74) is 2.94. The van der Waals surface area contributed by atoms with Crippen LogP contribution < -0.4 is 4.90 Å². The van der Waals surface area contributed by atoms with Crippen molar-refractivity contribution < 1.29 is 5.11 Å². The van der Waals surface area contributed by atoms with E-state index in [0.717, 1.165) is 61.5 Å². The Morgan fingerprint density at radius 3 is 2.54 bits per heavy atom. The van der Waals surface area contributed by atoms with E-state index < -0.39 is 5.60 Å². The van der Waals surface area contributed by atoms with Crippen LogP contribution in [0.2, 0.25) is 0 Å². The molecule has 2 fully saturated rings. The van der Waals surface area contributed by atoms with Gasteiger partial charge in [-0.05, 0) is 50.3 Å². The van der Waals surface area contributed by atoms with Gasteiger partial charge in [-0.1, -0.05) is 30.3 Å². The molecule has 0 aliphatic carbocycles. The third-order valence-electron chi connectivity index (χ3n) is 6.31. The Morgan fingerprint density at radius 2 is 1.86 bits per heavy atom. The van der Waals surface area contributed by atoms with Crippen molar-refractivity contribution in [3.8, 4) is 6.07 Å². The van der Waals surface area contributed by atoms with Gasteiger partial charge in [0.2, 0.25) is 0 Å². The van der Waals surface area contributed by atoms with E-state index in [1.165, 1.54) is 0 Å². The van der Waals surface area contributed by atoms with Crippen molar-refractivity contribution in [3.63, 3.8) is 0 Å². The minimum atomic E-state index is -0.735. The summed E-state index contributed by atoms with van der Waals surface area (Å²) in [5.74, 6) is 0.834. The van der Waals surface area contributed by atoms with Gasteiger partial charge in [-0.3, -0.25) is 4.90 Å². The number of anilines is 1. The third-order valence-corrected chi connectivity index (χ3v) is 6.31. The van der Waals surface area contributed by atoms with E-state index in [-0.39, 0.29) is 0 Å². The first-order chi connectivity index (χ1) is 13.5. The predicted molar refractivity (Wildman–Crippen MR) is 110 cm³/mol. The van der Waals surface area contributed by atoms with Gasteiger partial charge in [-0.25, -0.2) is 4.98 Å². The van der Waals surface area contributed by atoms with E-state index in [1.807, 2.05) is 50.2 Å². The Bertz CT molecular complexity index is 883. The van der Waals surface area contributed by atoms with Gasteiger partial charge < -0.3 is 10.0 Å². The molecule has 4 rings (SSSR count). The van der Waals surface area contributed by atoms with Crippen LogP contribution >= 0.6 is 0 Å². The first-order valence-electron chi connectivity index (χ1n) is 10.2. The zero-order valence-corrected chi connectivity index (χ0v) is 16.7. The fourth-order valence-electron chi connectivity index (χ4n) is 4.75. The Morgan fingerprint density at radius 1 is 1.14 bits per heavy atom. The molecule has 0 bridgehead atoms. The molecule has 1 aromatic heterocycles. The SMILES string of the molecule is Cc1cc(C)c(C#N)c(N2CCC(N3CC[C@@](O)(c4ccccc4)C3)CC2)n1. The van der Waals surface area contributed by atoms with Gasteiger partial charge in [0.15, 0.2) is 0 Å². The molecule has 2 aliphatic heterocycles. The predicted octanol–water partition coefficient (Wildman–Crippen LogP) is 3.13. The molecule has 0 amide bonds. The molecule has 2 aromatic rings. The normalized spacial score (nSPS) is 23.7. The summed E-state index contributed by atoms with van der Waals surface area (Å²) in [7, 11) is 0. The summed E-state index contributed by atoms with van der Waals surface area (Å²) in [6.07, 6.45) is 2.85. The molecule has 3 heterocycles. The van der Waals surface area contributed by atoms with Crippen molar-refractivity contribution in [1.29, 1.82) is 5.26 Å². The molecular formula is C23H28N4O. The highest BCUT2D eigenvalue weighted by atomic mass is 16.3. The number of benzene rings is 1. The zero-order chi connectivity index (χ0) is 19.7. The number of pyridine rings is 1. The summed E-state index contributed by atoms with van der Waals surface area (Å²) >= 11 is 0. The van der Waals surface area contributed by atoms with E-state index in [9.17, 15) is 10.4 Å². The first-order valence-corrected chi connectivity index (χ1v) is 10.2. The number of piperidine rings is 1. The summed E-state index contributed by atoms with van der Waals surface area (Å²) in [6, 6.07) is 14.8. The van der Waals surface area contributed by atoms with Crippen LogP contribution in [0.3, 0.4) is 0 Å². The molecular weight excluding hydrogens is 348 g/mol. The average Bonchev–Trinajstić information content (AvgIpc) is 3.12. The van der Waals surface area contributed by atoms with E-state index >= 15 is 0 Å². The molecule has 1 N–H and O–H groups in total. The lowest BCUT2D eigenvalue weighted by Gasteiger charge is -2.38. The number of nitriles is 1. The van der Waals surface area contributed by atoms with Gasteiger partial charge in [0.25, 0.3) is 0 Å². The lowest BCUT2D eigenvalue weighted by atomic mass is 9.93. The monoisotopic (exact) mass is 376 g/mol. The molecule has 5 heteroatoms. The Hall–Kier alpha value is -2.42. The van der Waals surface area contributed by atoms with Crippen LogP contribution in [0, 0.1) is 25.2 Å². The molecule has 1 atom stereocenters. The van der Waals surface area contributed by atoms with Crippen molar-refractivity contribution in [2.75, 3.05) is 31.1 Å². The van der Waals surface area contributed by atoms with Crippen LogP contribution in [-0.2, 0) is 5.60 Å². The second-order valence-electron chi connectivity index (χ2n) is 8.23. The third kappa shape index (κ3) is 3.50. The average molecular weight is 377 g/mol. The van der Waals surface area contributed by atoms with Crippen molar-refractivity contribution in [3.05, 3.63) is 58.8 Å². The van der Waals surface area contributed by atoms with Gasteiger partial charge in [0.1, 0.15) is 17.5 Å². The number of β-amino-alcohol motifs (C(OH)–C–C–N with tert-alkyl or cyclic N) is 1. The lowest BCUT2D eigenvalue weighted by molar-refractivity contribution is 0.0385. The number of nitrogens with zero attached hydrogens (tertiary/aromatic N) is 4. The van der Waals surface area contributed by atoms with E-state index in [4.69, 9.17) is 0 Å². The van der Waals surface area contributed by atoms with Gasteiger partial charge in [0.05, 0.1) is 5.56 Å². The molecule has 2 saturated heterocycles. The standard InChI is InChI=1S/C23H28N4O/c1-17-14-18(2)25-22(21(17)15-24)26-11-8-20(9-12-26)27-13-10-23(28,16-27)19-6-4-3-5-7-19/h3-7,14,20,28H,8-13,16H2,1-2H3/t23-/m0/s1. The molecule has 5 nitrogen and oxygen atoms in total. The number of aromatic nitrogens is 1. The highest BCUT2D eigenvalue weighted by molar-refractivity contribution is 5.58. The Kier molecular flexibility index (Phi) is 5.09. The largest absolute Gasteiger partial charge is 0.384 e. The number of aryl methyl sites for hydroxylation is 2. The second kappa shape index (κ2) is 7.54. The highest BCUT2D eigenvalue weighted by Gasteiger charge is 2.40. The smallest absolute Gasteiger partial charge is 0.147 e. The van der Waals surface area contributed by atoms with Gasteiger partial charge in [-0.15, -0.1) is 0 Å². The quantitative estimate of drug-likeness (QED) is 0.892. The maximum atomic E-state index is 11.1. The molecule has 0 radical (unpaired) electrons. The van der Waals surface area contributed by atoms with E-state index in [2.05, 4.69) is 20.9 Å². The second-order valence-corrected chi connectivity index (χ2v) is 8.23. The highest BCUT2D eigenvalue weighted by Crippen LogP contribution is 2.35. The molecule has 2 aliphatic rings. The Labute approximate surface area is 167 Å². The molecule has 0 spiro atoms. The molecule has 0 saturated carbocycles. The Balaban J connectivity index is 1.43. The van der Waals surface area contributed by atoms with Crippen molar-refractivity contribution in [2.24, 2.45) is 0 Å². The summed E-state index contributed by atoms with van der Waals surface area (Å²) in [4.78, 5) is 9.37. The van der Waals surface area contributed by atoms with Gasteiger partial charge >= 0.3 is 0 Å². The van der Waals surface area contributed by atoms with Crippen molar-refractivity contribution >= 4 is 5.82 Å². The first kappa shape index (κ1) is 18.9. The van der Waals surface area contributed by atoms with E-state index in [1.54, 1.807) is 0 Å². The minimum Gasteiger partial charge on any atom is -0.384 e. The molecule has 146 valence electrons. The van der Waals surface area contributed by atoms with Crippen LogP contribution in [0.1, 0.15) is 41.6 Å². The van der Waals surface area contributed by atoms with Crippen LogP contribution in [0.4, 0.5) is 5.82 Å². The number of rotatable bonds is 3. The topological polar surface area (TPSA) is 63.4 Å². The van der Waals surface area contributed by atoms with Crippen LogP contribution in [0.5, 0.6) is 0 Å². The number of hydrogen-bond donors (Lipinski definition) is 1. The number of likely N-dealkylation sites (tertiary alicyclic amines) is 1. The summed E-state index contributed by atoms with van der Waals surface area (Å²) in [5, 5.41) is 20.7. The summed E-state index contributed by atoms with van der Waals surface area (Å²) in [6.45, 7) is 7.40. The molecule has 0 unspecified atom stereocenters. The minimum absolute atomic E-state index is 0.477. The maximum absolute atomic E-state index is 11.1. The van der Waals surface area contributed by atoms with E-state index in [0.29, 0.717) is 18.2 Å².